The lowest BCUT2D eigenvalue weighted by atomic mass is 9.97. The normalized spacial score (nSPS) is 10.8. The molecule has 188 valence electrons. The molecule has 0 radical (unpaired) electrons. The topological polar surface area (TPSA) is 59.3 Å². The number of fused-ring (bicyclic) bond motifs is 2. The van der Waals surface area contributed by atoms with Gasteiger partial charge in [-0.25, -0.2) is 4.79 Å². The van der Waals surface area contributed by atoms with Crippen LogP contribution in [0.25, 0.3) is 32.7 Å². The van der Waals surface area contributed by atoms with Crippen molar-refractivity contribution >= 4 is 27.5 Å². The second-order valence-corrected chi connectivity index (χ2v) is 9.31. The number of hydrogen-bond donors (Lipinski definition) is 0. The van der Waals surface area contributed by atoms with Crippen molar-refractivity contribution in [3.05, 3.63) is 114 Å². The number of benzene rings is 5. The minimum absolute atomic E-state index is 0.259. The van der Waals surface area contributed by atoms with Crippen molar-refractivity contribution < 1.29 is 14.3 Å². The molecule has 0 heterocycles. The van der Waals surface area contributed by atoms with E-state index in [1.54, 1.807) is 0 Å². The number of carbonyl (C=O) groups is 1. The molecule has 0 atom stereocenters. The number of ether oxygens (including phenoxy) is 2. The molecule has 38 heavy (non-hydrogen) atoms. The minimum Gasteiger partial charge on any atom is -0.494 e. The molecule has 0 saturated heterocycles. The van der Waals surface area contributed by atoms with Crippen LogP contribution in [0, 0.1) is 11.3 Å². The highest BCUT2D eigenvalue weighted by molar-refractivity contribution is 6.16. The average molecular weight is 500 g/mol. The van der Waals surface area contributed by atoms with E-state index in [1.165, 1.54) is 0 Å². The van der Waals surface area contributed by atoms with Gasteiger partial charge in [0.2, 0.25) is 0 Å². The van der Waals surface area contributed by atoms with Crippen LogP contribution >= 0.6 is 0 Å². The summed E-state index contributed by atoms with van der Waals surface area (Å²) in [5, 5.41) is 12.9. The highest BCUT2D eigenvalue weighted by Gasteiger charge is 2.16. The molecule has 4 heteroatoms. The molecule has 0 aliphatic rings. The second kappa shape index (κ2) is 12.1. The Kier molecular flexibility index (Phi) is 7.96. The van der Waals surface area contributed by atoms with Gasteiger partial charge in [0.05, 0.1) is 30.4 Å². The Morgan fingerprint density at radius 1 is 0.658 bits per heavy atom. The molecule has 4 nitrogen and oxygen atoms in total. The van der Waals surface area contributed by atoms with Crippen molar-refractivity contribution in [2.75, 3.05) is 13.2 Å². The van der Waals surface area contributed by atoms with Crippen molar-refractivity contribution in [2.24, 2.45) is 0 Å². The molecular weight excluding hydrogens is 470 g/mol. The molecule has 0 aliphatic carbocycles. The molecule has 0 fully saturated rings. The summed E-state index contributed by atoms with van der Waals surface area (Å²) in [5.74, 6) is 0.587. The van der Waals surface area contributed by atoms with Gasteiger partial charge in [-0.15, -0.1) is 0 Å². The van der Waals surface area contributed by atoms with E-state index in [-0.39, 0.29) is 5.97 Å². The lowest BCUT2D eigenvalue weighted by Gasteiger charge is -2.11. The summed E-state index contributed by atoms with van der Waals surface area (Å²) >= 11 is 0. The predicted octanol–water partition coefficient (Wildman–Crippen LogP) is 8.33. The van der Waals surface area contributed by atoms with Gasteiger partial charge in [0.25, 0.3) is 0 Å². The van der Waals surface area contributed by atoms with Gasteiger partial charge >= 0.3 is 5.97 Å². The SMILES string of the molecule is N#Cc1ccc(-c2ccc(OCCCCCCOC(=O)c3c4ccccc4cc4ccccc34)cc2)cc1. The van der Waals surface area contributed by atoms with Crippen molar-refractivity contribution in [2.45, 2.75) is 25.7 Å². The summed E-state index contributed by atoms with van der Waals surface area (Å²) in [6, 6.07) is 35.8. The molecular formula is C34H29NO3. The van der Waals surface area contributed by atoms with E-state index < -0.39 is 0 Å². The Labute approximate surface area is 223 Å². The maximum absolute atomic E-state index is 13.1. The molecule has 0 saturated carbocycles. The number of esters is 1. The largest absolute Gasteiger partial charge is 0.494 e. The van der Waals surface area contributed by atoms with Crippen LogP contribution in [0.2, 0.25) is 0 Å². The Hall–Kier alpha value is -4.62. The van der Waals surface area contributed by atoms with Crippen molar-refractivity contribution in [3.63, 3.8) is 0 Å². The Morgan fingerprint density at radius 2 is 1.21 bits per heavy atom. The smallest absolute Gasteiger partial charge is 0.339 e. The van der Waals surface area contributed by atoms with E-state index in [2.05, 4.69) is 12.1 Å². The number of nitrogens with zero attached hydrogens (tertiary/aromatic N) is 1. The van der Waals surface area contributed by atoms with E-state index in [1.807, 2.05) is 97.1 Å². The predicted molar refractivity (Wildman–Crippen MR) is 152 cm³/mol. The van der Waals surface area contributed by atoms with Crippen LogP contribution in [0.3, 0.4) is 0 Å². The first-order valence-electron chi connectivity index (χ1n) is 13.0. The summed E-state index contributed by atoms with van der Waals surface area (Å²) in [6.07, 6.45) is 3.76. The zero-order chi connectivity index (χ0) is 26.2. The van der Waals surface area contributed by atoms with Crippen LogP contribution in [-0.2, 0) is 4.74 Å². The first-order valence-corrected chi connectivity index (χ1v) is 13.0. The van der Waals surface area contributed by atoms with Gasteiger partial charge in [-0.3, -0.25) is 0 Å². The molecule has 5 aromatic rings. The molecule has 5 aromatic carbocycles. The molecule has 0 bridgehead atoms. The van der Waals surface area contributed by atoms with Gasteiger partial charge in [-0.05, 0) is 88.7 Å². The quantitative estimate of drug-likeness (QED) is 0.110. The van der Waals surface area contributed by atoms with E-state index in [9.17, 15) is 4.79 Å². The zero-order valence-electron chi connectivity index (χ0n) is 21.2. The van der Waals surface area contributed by atoms with Gasteiger partial charge < -0.3 is 9.47 Å². The first-order chi connectivity index (χ1) is 18.7. The fraction of sp³-hybridized carbons (Fsp3) is 0.176. The minimum atomic E-state index is -0.259. The number of nitriles is 1. The van der Waals surface area contributed by atoms with Crippen molar-refractivity contribution in [3.8, 4) is 22.9 Å². The molecule has 5 rings (SSSR count). The van der Waals surface area contributed by atoms with Crippen LogP contribution < -0.4 is 4.74 Å². The number of hydrogen-bond acceptors (Lipinski definition) is 4. The molecule has 0 aromatic heterocycles. The fourth-order valence-corrected chi connectivity index (χ4v) is 4.70. The first kappa shape index (κ1) is 25.0. The lowest BCUT2D eigenvalue weighted by molar-refractivity contribution is 0.0502. The van der Waals surface area contributed by atoms with E-state index in [0.29, 0.717) is 24.3 Å². The van der Waals surface area contributed by atoms with E-state index in [0.717, 1.165) is 64.1 Å². The number of unbranched alkanes of at least 4 members (excludes halogenated alkanes) is 3. The number of rotatable bonds is 10. The van der Waals surface area contributed by atoms with Crippen LogP contribution in [0.5, 0.6) is 5.75 Å². The molecule has 0 amide bonds. The summed E-state index contributed by atoms with van der Waals surface area (Å²) in [5.41, 5.74) is 3.47. The molecule has 0 N–H and O–H groups in total. The Morgan fingerprint density at radius 3 is 1.82 bits per heavy atom. The Bertz CT molecular complexity index is 1530. The summed E-state index contributed by atoms with van der Waals surface area (Å²) < 4.78 is 11.6. The third-order valence-electron chi connectivity index (χ3n) is 6.72. The third kappa shape index (κ3) is 5.85. The maximum atomic E-state index is 13.1. The van der Waals surface area contributed by atoms with Crippen molar-refractivity contribution in [1.82, 2.24) is 0 Å². The van der Waals surface area contributed by atoms with Gasteiger partial charge in [-0.2, -0.15) is 5.26 Å². The molecule has 0 aliphatic heterocycles. The monoisotopic (exact) mass is 499 g/mol. The van der Waals surface area contributed by atoms with Crippen LogP contribution in [0.15, 0.2) is 103 Å². The van der Waals surface area contributed by atoms with Gasteiger partial charge in [-0.1, -0.05) is 72.8 Å². The number of carbonyl (C=O) groups excluding carboxylic acids is 1. The van der Waals surface area contributed by atoms with Gasteiger partial charge in [0.1, 0.15) is 5.75 Å². The van der Waals surface area contributed by atoms with Crippen LogP contribution in [-0.4, -0.2) is 19.2 Å². The Balaban J connectivity index is 1.05. The highest BCUT2D eigenvalue weighted by atomic mass is 16.5. The molecule has 0 spiro atoms. The zero-order valence-corrected chi connectivity index (χ0v) is 21.2. The second-order valence-electron chi connectivity index (χ2n) is 9.31. The standard InChI is InChI=1S/C34H29NO3/c35-24-25-13-15-26(16-14-25)27-17-19-30(20-18-27)37-21-7-1-2-8-22-38-34(36)33-31-11-5-3-9-28(31)23-29-10-4-6-12-32(29)33/h3-6,9-20,23H,1-2,7-8,21-22H2. The van der Waals surface area contributed by atoms with Crippen LogP contribution in [0.1, 0.15) is 41.6 Å². The summed E-state index contributed by atoms with van der Waals surface area (Å²) in [4.78, 5) is 13.1. The lowest BCUT2D eigenvalue weighted by Crippen LogP contribution is -2.08. The third-order valence-corrected chi connectivity index (χ3v) is 6.72. The maximum Gasteiger partial charge on any atom is 0.339 e. The van der Waals surface area contributed by atoms with Gasteiger partial charge in [0.15, 0.2) is 0 Å². The molecule has 0 unspecified atom stereocenters. The summed E-state index contributed by atoms with van der Waals surface area (Å²) in [6.45, 7) is 1.06. The highest BCUT2D eigenvalue weighted by Crippen LogP contribution is 2.29. The van der Waals surface area contributed by atoms with Crippen molar-refractivity contribution in [1.29, 1.82) is 5.26 Å². The van der Waals surface area contributed by atoms with Gasteiger partial charge in [0, 0.05) is 0 Å². The fourth-order valence-electron chi connectivity index (χ4n) is 4.70. The van der Waals surface area contributed by atoms with Crippen LogP contribution in [0.4, 0.5) is 0 Å². The van der Waals surface area contributed by atoms with E-state index in [4.69, 9.17) is 14.7 Å². The summed E-state index contributed by atoms with van der Waals surface area (Å²) in [7, 11) is 0. The van der Waals surface area contributed by atoms with E-state index >= 15 is 0 Å². The average Bonchev–Trinajstić information content (AvgIpc) is 2.97.